The van der Waals surface area contributed by atoms with Crippen LogP contribution in [0.4, 0.5) is 5.69 Å². The number of pyridine rings is 1. The fourth-order valence-corrected chi connectivity index (χ4v) is 2.61. The second-order valence-corrected chi connectivity index (χ2v) is 5.77. The van der Waals surface area contributed by atoms with Crippen LogP contribution in [0, 0.1) is 20.8 Å². The normalized spacial score (nSPS) is 10.8. The summed E-state index contributed by atoms with van der Waals surface area (Å²) in [7, 11) is 0. The number of anilines is 1. The first kappa shape index (κ1) is 15.7. The molecule has 0 saturated carbocycles. The van der Waals surface area contributed by atoms with Crippen LogP contribution >= 0.6 is 0 Å². The molecule has 0 atom stereocenters. The maximum absolute atomic E-state index is 12.7. The van der Waals surface area contributed by atoms with Gasteiger partial charge in [0.2, 0.25) is 0 Å². The van der Waals surface area contributed by atoms with Gasteiger partial charge in [-0.2, -0.15) is 0 Å². The van der Waals surface area contributed by atoms with Gasteiger partial charge in [-0.3, -0.25) is 9.20 Å². The van der Waals surface area contributed by atoms with Crippen LogP contribution in [0.2, 0.25) is 0 Å². The topological polar surface area (TPSA) is 83.7 Å². The maximum atomic E-state index is 12.7. The summed E-state index contributed by atoms with van der Waals surface area (Å²) < 4.78 is 1.73. The number of nitrogens with one attached hydrogen (secondary N) is 1. The molecule has 2 heterocycles. The van der Waals surface area contributed by atoms with Crippen LogP contribution in [0.1, 0.15) is 37.7 Å². The fraction of sp³-hybridized carbons (Fsp3) is 0.167. The summed E-state index contributed by atoms with van der Waals surface area (Å²) in [6, 6.07) is 8.44. The molecule has 0 aliphatic carbocycles. The Balaban J connectivity index is 2.01. The Kier molecular flexibility index (Phi) is 3.81. The second-order valence-electron chi connectivity index (χ2n) is 5.77. The molecule has 2 N–H and O–H groups in total. The number of carbonyl (C=O) groups is 2. The van der Waals surface area contributed by atoms with Crippen molar-refractivity contribution in [3.63, 3.8) is 0 Å². The summed E-state index contributed by atoms with van der Waals surface area (Å²) in [5, 5.41) is 11.9. The monoisotopic (exact) mass is 323 g/mol. The standard InChI is InChI=1S/C18H17N3O3/c1-10-6-7-21-15(8-10)19-12(3)16(21)17(22)20-14-9-13(18(23)24)5-4-11(14)2/h4-9H,1-3H3,(H,20,22)(H,23,24). The van der Waals surface area contributed by atoms with E-state index in [0.29, 0.717) is 22.7 Å². The Labute approximate surface area is 138 Å². The third kappa shape index (κ3) is 2.74. The van der Waals surface area contributed by atoms with E-state index >= 15 is 0 Å². The number of carboxylic acids is 1. The smallest absolute Gasteiger partial charge is 0.335 e. The number of hydrogen-bond donors (Lipinski definition) is 2. The molecule has 0 fully saturated rings. The highest BCUT2D eigenvalue weighted by Crippen LogP contribution is 2.20. The molecular weight excluding hydrogens is 306 g/mol. The Morgan fingerprint density at radius 1 is 1.12 bits per heavy atom. The average Bonchev–Trinajstić information content (AvgIpc) is 2.84. The highest BCUT2D eigenvalue weighted by Gasteiger charge is 2.18. The Bertz CT molecular complexity index is 973. The SMILES string of the molecule is Cc1ccn2c(C(=O)Nc3cc(C(=O)O)ccc3C)c(C)nc2c1. The zero-order valence-corrected chi connectivity index (χ0v) is 13.6. The van der Waals surface area contributed by atoms with E-state index in [1.54, 1.807) is 23.6 Å². The summed E-state index contributed by atoms with van der Waals surface area (Å²) in [5.41, 5.74) is 4.20. The molecule has 6 nitrogen and oxygen atoms in total. The minimum atomic E-state index is -1.04. The molecule has 3 aromatic rings. The number of carbonyl (C=O) groups excluding carboxylic acids is 1. The number of amides is 1. The number of aromatic nitrogens is 2. The Hall–Kier alpha value is -3.15. The minimum absolute atomic E-state index is 0.126. The van der Waals surface area contributed by atoms with Crippen LogP contribution in [0.3, 0.4) is 0 Å². The van der Waals surface area contributed by atoms with Gasteiger partial charge < -0.3 is 10.4 Å². The van der Waals surface area contributed by atoms with E-state index in [1.807, 2.05) is 26.0 Å². The largest absolute Gasteiger partial charge is 0.478 e. The molecule has 2 aromatic heterocycles. The lowest BCUT2D eigenvalue weighted by Crippen LogP contribution is -2.16. The lowest BCUT2D eigenvalue weighted by atomic mass is 10.1. The van der Waals surface area contributed by atoms with Gasteiger partial charge in [0.25, 0.3) is 5.91 Å². The molecule has 0 aliphatic heterocycles. The van der Waals surface area contributed by atoms with E-state index in [4.69, 9.17) is 5.11 Å². The van der Waals surface area contributed by atoms with Crippen molar-refractivity contribution in [1.82, 2.24) is 9.38 Å². The Morgan fingerprint density at radius 2 is 1.88 bits per heavy atom. The first-order valence-corrected chi connectivity index (χ1v) is 7.47. The first-order valence-electron chi connectivity index (χ1n) is 7.47. The lowest BCUT2D eigenvalue weighted by Gasteiger charge is -2.10. The molecule has 122 valence electrons. The second kappa shape index (κ2) is 5.81. The number of aromatic carboxylic acids is 1. The predicted octanol–water partition coefficient (Wildman–Crippen LogP) is 3.21. The maximum Gasteiger partial charge on any atom is 0.335 e. The summed E-state index contributed by atoms with van der Waals surface area (Å²) in [6.07, 6.45) is 1.81. The van der Waals surface area contributed by atoms with E-state index in [1.165, 1.54) is 12.1 Å². The quantitative estimate of drug-likeness (QED) is 0.775. The summed E-state index contributed by atoms with van der Waals surface area (Å²) >= 11 is 0. The van der Waals surface area contributed by atoms with Crippen molar-refractivity contribution in [2.45, 2.75) is 20.8 Å². The molecular formula is C18H17N3O3. The molecule has 0 spiro atoms. The van der Waals surface area contributed by atoms with E-state index in [2.05, 4.69) is 10.3 Å². The van der Waals surface area contributed by atoms with Crippen LogP contribution in [0.5, 0.6) is 0 Å². The first-order chi connectivity index (χ1) is 11.4. The van der Waals surface area contributed by atoms with Gasteiger partial charge in [-0.25, -0.2) is 9.78 Å². The van der Waals surface area contributed by atoms with Gasteiger partial charge in [-0.15, -0.1) is 0 Å². The predicted molar refractivity (Wildman–Crippen MR) is 90.8 cm³/mol. The van der Waals surface area contributed by atoms with E-state index in [-0.39, 0.29) is 11.5 Å². The fourth-order valence-electron chi connectivity index (χ4n) is 2.61. The number of imidazole rings is 1. The molecule has 0 radical (unpaired) electrons. The number of carboxylic acid groups (broad SMARTS) is 1. The molecule has 1 amide bonds. The number of aryl methyl sites for hydroxylation is 3. The molecule has 0 saturated heterocycles. The molecule has 0 unspecified atom stereocenters. The van der Waals surface area contributed by atoms with Crippen molar-refractivity contribution in [2.24, 2.45) is 0 Å². The number of rotatable bonds is 3. The molecule has 0 bridgehead atoms. The molecule has 6 heteroatoms. The van der Waals surface area contributed by atoms with Crippen LogP contribution < -0.4 is 5.32 Å². The van der Waals surface area contributed by atoms with Crippen LogP contribution in [-0.2, 0) is 0 Å². The molecule has 1 aromatic carbocycles. The third-order valence-corrected chi connectivity index (χ3v) is 3.90. The number of fused-ring (bicyclic) bond motifs is 1. The highest BCUT2D eigenvalue weighted by atomic mass is 16.4. The zero-order valence-electron chi connectivity index (χ0n) is 13.6. The molecule has 0 aliphatic rings. The highest BCUT2D eigenvalue weighted by molar-refractivity contribution is 6.05. The number of nitrogens with zero attached hydrogens (tertiary/aromatic N) is 2. The van der Waals surface area contributed by atoms with Gasteiger partial charge in [-0.05, 0) is 56.2 Å². The van der Waals surface area contributed by atoms with Crippen molar-refractivity contribution in [2.75, 3.05) is 5.32 Å². The average molecular weight is 323 g/mol. The van der Waals surface area contributed by atoms with Crippen molar-refractivity contribution in [3.8, 4) is 0 Å². The van der Waals surface area contributed by atoms with Gasteiger partial charge in [-0.1, -0.05) is 6.07 Å². The van der Waals surface area contributed by atoms with E-state index in [0.717, 1.165) is 11.1 Å². The van der Waals surface area contributed by atoms with Gasteiger partial charge >= 0.3 is 5.97 Å². The Morgan fingerprint density at radius 3 is 2.58 bits per heavy atom. The zero-order chi connectivity index (χ0) is 17.4. The van der Waals surface area contributed by atoms with Crippen LogP contribution in [0.15, 0.2) is 36.5 Å². The summed E-state index contributed by atoms with van der Waals surface area (Å²) in [6.45, 7) is 5.55. The third-order valence-electron chi connectivity index (χ3n) is 3.90. The van der Waals surface area contributed by atoms with Crippen molar-refractivity contribution < 1.29 is 14.7 Å². The number of benzene rings is 1. The van der Waals surface area contributed by atoms with Crippen LogP contribution in [0.25, 0.3) is 5.65 Å². The van der Waals surface area contributed by atoms with Gasteiger partial charge in [0.15, 0.2) is 0 Å². The van der Waals surface area contributed by atoms with Crippen molar-refractivity contribution in [1.29, 1.82) is 0 Å². The minimum Gasteiger partial charge on any atom is -0.478 e. The molecule has 3 rings (SSSR count). The lowest BCUT2D eigenvalue weighted by molar-refractivity contribution is 0.0696. The summed E-state index contributed by atoms with van der Waals surface area (Å²) in [5.74, 6) is -1.36. The molecule has 24 heavy (non-hydrogen) atoms. The van der Waals surface area contributed by atoms with Crippen LogP contribution in [-0.4, -0.2) is 26.4 Å². The van der Waals surface area contributed by atoms with Crippen molar-refractivity contribution >= 4 is 23.2 Å². The summed E-state index contributed by atoms with van der Waals surface area (Å²) in [4.78, 5) is 28.2. The van der Waals surface area contributed by atoms with E-state index in [9.17, 15) is 9.59 Å². The van der Waals surface area contributed by atoms with Gasteiger partial charge in [0.05, 0.1) is 11.3 Å². The van der Waals surface area contributed by atoms with Crippen molar-refractivity contribution in [3.05, 3.63) is 64.6 Å². The number of hydrogen-bond acceptors (Lipinski definition) is 3. The van der Waals surface area contributed by atoms with Gasteiger partial charge in [0.1, 0.15) is 11.3 Å². The van der Waals surface area contributed by atoms with Gasteiger partial charge in [0, 0.05) is 11.9 Å². The van der Waals surface area contributed by atoms with E-state index < -0.39 is 5.97 Å².